The summed E-state index contributed by atoms with van der Waals surface area (Å²) in [6, 6.07) is 15.0. The molecule has 1 amide bonds. The number of benzene rings is 2. The van der Waals surface area contributed by atoms with Gasteiger partial charge in [0.1, 0.15) is 11.5 Å². The van der Waals surface area contributed by atoms with Crippen LogP contribution in [-0.4, -0.2) is 17.0 Å². The Morgan fingerprint density at radius 1 is 1.00 bits per heavy atom. The van der Waals surface area contributed by atoms with E-state index in [0.29, 0.717) is 22.2 Å². The molecule has 2 aromatic carbocycles. The van der Waals surface area contributed by atoms with Gasteiger partial charge in [0.15, 0.2) is 0 Å². The van der Waals surface area contributed by atoms with Gasteiger partial charge in [-0.15, -0.1) is 0 Å². The lowest BCUT2D eigenvalue weighted by molar-refractivity contribution is -0.111. The van der Waals surface area contributed by atoms with Crippen LogP contribution in [0.3, 0.4) is 0 Å². The summed E-state index contributed by atoms with van der Waals surface area (Å²) in [5.74, 6) is -0.550. The van der Waals surface area contributed by atoms with Gasteiger partial charge in [-0.25, -0.2) is 4.79 Å². The molecule has 5 nitrogen and oxygen atoms in total. The summed E-state index contributed by atoms with van der Waals surface area (Å²) in [4.78, 5) is 23.1. The van der Waals surface area contributed by atoms with Crippen molar-refractivity contribution in [1.29, 1.82) is 0 Å². The van der Waals surface area contributed by atoms with Crippen molar-refractivity contribution in [2.75, 3.05) is 5.32 Å². The Labute approximate surface area is 164 Å². The van der Waals surface area contributed by atoms with Gasteiger partial charge in [0.05, 0.1) is 15.6 Å². The number of halogens is 2. The molecular weight excluding hydrogens is 389 g/mol. The van der Waals surface area contributed by atoms with E-state index >= 15 is 0 Å². The molecule has 27 heavy (non-hydrogen) atoms. The smallest absolute Gasteiger partial charge is 0.337 e. The summed E-state index contributed by atoms with van der Waals surface area (Å²) < 4.78 is 5.67. The Balaban J connectivity index is 1.70. The zero-order valence-corrected chi connectivity index (χ0v) is 15.3. The number of carboxylic acids is 1. The number of carbonyl (C=O) groups is 2. The average molecular weight is 402 g/mol. The molecule has 0 atom stereocenters. The van der Waals surface area contributed by atoms with Crippen LogP contribution < -0.4 is 5.32 Å². The van der Waals surface area contributed by atoms with E-state index in [9.17, 15) is 9.59 Å². The Morgan fingerprint density at radius 3 is 2.52 bits per heavy atom. The van der Waals surface area contributed by atoms with E-state index in [2.05, 4.69) is 5.32 Å². The molecule has 136 valence electrons. The minimum atomic E-state index is -1.17. The number of rotatable bonds is 5. The molecule has 0 saturated carbocycles. The van der Waals surface area contributed by atoms with Gasteiger partial charge in [-0.05, 0) is 48.5 Å². The zero-order chi connectivity index (χ0) is 19.4. The molecule has 2 N–H and O–H groups in total. The van der Waals surface area contributed by atoms with Gasteiger partial charge in [0.2, 0.25) is 5.91 Å². The monoisotopic (exact) mass is 401 g/mol. The minimum Gasteiger partial charge on any atom is -0.478 e. The Hall–Kier alpha value is -3.02. The van der Waals surface area contributed by atoms with Crippen LogP contribution in [0.4, 0.5) is 5.69 Å². The lowest BCUT2D eigenvalue weighted by Gasteiger charge is -2.04. The van der Waals surface area contributed by atoms with Gasteiger partial charge in [-0.3, -0.25) is 4.79 Å². The topological polar surface area (TPSA) is 79.5 Å². The maximum atomic E-state index is 12.0. The lowest BCUT2D eigenvalue weighted by Crippen LogP contribution is -2.09. The van der Waals surface area contributed by atoms with E-state index in [1.807, 2.05) is 18.2 Å². The van der Waals surface area contributed by atoms with Gasteiger partial charge >= 0.3 is 5.97 Å². The highest BCUT2D eigenvalue weighted by Crippen LogP contribution is 2.29. The average Bonchev–Trinajstić information content (AvgIpc) is 3.10. The first-order chi connectivity index (χ1) is 12.9. The maximum Gasteiger partial charge on any atom is 0.337 e. The number of nitrogens with one attached hydrogen (secondary N) is 1. The Bertz CT molecular complexity index is 1040. The fourth-order valence-corrected chi connectivity index (χ4v) is 2.78. The fraction of sp³-hybridized carbons (Fsp3) is 0. The van der Waals surface area contributed by atoms with Crippen molar-refractivity contribution in [2.24, 2.45) is 0 Å². The maximum absolute atomic E-state index is 12.0. The first-order valence-corrected chi connectivity index (χ1v) is 8.56. The number of aromatic carboxylic acids is 1. The SMILES string of the molecule is O=C(/C=C/c1ccc(-c2ccccc2Cl)o1)Nc1ccc(Cl)c(C(=O)O)c1. The van der Waals surface area contributed by atoms with E-state index < -0.39 is 11.9 Å². The van der Waals surface area contributed by atoms with Crippen molar-refractivity contribution < 1.29 is 19.1 Å². The highest BCUT2D eigenvalue weighted by Gasteiger charge is 2.10. The normalized spacial score (nSPS) is 10.9. The summed E-state index contributed by atoms with van der Waals surface area (Å²) in [6.45, 7) is 0. The summed E-state index contributed by atoms with van der Waals surface area (Å²) in [7, 11) is 0. The molecule has 3 rings (SSSR count). The number of anilines is 1. The Kier molecular flexibility index (Phi) is 5.64. The number of carboxylic acid groups (broad SMARTS) is 1. The molecule has 0 radical (unpaired) electrons. The van der Waals surface area contributed by atoms with Gasteiger partial charge in [-0.2, -0.15) is 0 Å². The standard InChI is InChI=1S/C20H13Cl2NO4/c21-16-4-2-1-3-14(16)18-9-6-13(27-18)7-10-19(24)23-12-5-8-17(22)15(11-12)20(25)26/h1-11H,(H,23,24)(H,25,26)/b10-7+. The Morgan fingerprint density at radius 2 is 1.78 bits per heavy atom. The summed E-state index contributed by atoms with van der Waals surface area (Å²) in [5, 5.41) is 12.3. The number of carbonyl (C=O) groups excluding carboxylic acids is 1. The van der Waals surface area contributed by atoms with Crippen molar-refractivity contribution in [2.45, 2.75) is 0 Å². The van der Waals surface area contributed by atoms with Crippen molar-refractivity contribution in [1.82, 2.24) is 0 Å². The van der Waals surface area contributed by atoms with Crippen LogP contribution in [0, 0.1) is 0 Å². The van der Waals surface area contributed by atoms with Gasteiger partial charge in [-0.1, -0.05) is 35.3 Å². The van der Waals surface area contributed by atoms with Crippen LogP contribution in [0.1, 0.15) is 16.1 Å². The molecule has 0 saturated heterocycles. The predicted molar refractivity (Wildman–Crippen MR) is 105 cm³/mol. The van der Waals surface area contributed by atoms with Crippen LogP contribution in [0.2, 0.25) is 10.0 Å². The molecule has 0 spiro atoms. The van der Waals surface area contributed by atoms with Gasteiger partial charge in [0.25, 0.3) is 0 Å². The number of hydrogen-bond donors (Lipinski definition) is 2. The molecule has 0 aliphatic carbocycles. The molecule has 7 heteroatoms. The zero-order valence-electron chi connectivity index (χ0n) is 13.8. The van der Waals surface area contributed by atoms with E-state index in [-0.39, 0.29) is 10.6 Å². The number of hydrogen-bond acceptors (Lipinski definition) is 3. The van der Waals surface area contributed by atoms with Crippen LogP contribution in [0.25, 0.3) is 17.4 Å². The van der Waals surface area contributed by atoms with Crippen LogP contribution in [0.5, 0.6) is 0 Å². The molecule has 0 unspecified atom stereocenters. The van der Waals surface area contributed by atoms with E-state index in [4.69, 9.17) is 32.7 Å². The van der Waals surface area contributed by atoms with Crippen LogP contribution >= 0.6 is 23.2 Å². The second kappa shape index (κ2) is 8.12. The van der Waals surface area contributed by atoms with Crippen LogP contribution in [-0.2, 0) is 4.79 Å². The van der Waals surface area contributed by atoms with Crippen molar-refractivity contribution in [3.05, 3.63) is 82.0 Å². The molecule has 1 aromatic heterocycles. The molecular formula is C20H13Cl2NO4. The van der Waals surface area contributed by atoms with Crippen LogP contribution in [0.15, 0.2) is 65.1 Å². The van der Waals surface area contributed by atoms with E-state index in [1.165, 1.54) is 30.4 Å². The second-order valence-corrected chi connectivity index (χ2v) is 6.32. The third-order valence-corrected chi connectivity index (χ3v) is 4.29. The summed E-state index contributed by atoms with van der Waals surface area (Å²) >= 11 is 11.9. The third kappa shape index (κ3) is 4.58. The number of amides is 1. The van der Waals surface area contributed by atoms with Crippen molar-refractivity contribution in [3.63, 3.8) is 0 Å². The molecule has 0 bridgehead atoms. The minimum absolute atomic E-state index is 0.0890. The number of furan rings is 1. The first kappa shape index (κ1) is 18.8. The van der Waals surface area contributed by atoms with E-state index in [0.717, 1.165) is 5.56 Å². The van der Waals surface area contributed by atoms with E-state index in [1.54, 1.807) is 18.2 Å². The second-order valence-electron chi connectivity index (χ2n) is 5.50. The molecule has 0 aliphatic rings. The fourth-order valence-electron chi connectivity index (χ4n) is 2.36. The molecule has 3 aromatic rings. The lowest BCUT2D eigenvalue weighted by atomic mass is 10.2. The molecule has 0 aliphatic heterocycles. The molecule has 0 fully saturated rings. The molecule has 1 heterocycles. The highest BCUT2D eigenvalue weighted by atomic mass is 35.5. The first-order valence-electron chi connectivity index (χ1n) is 7.80. The highest BCUT2D eigenvalue weighted by molar-refractivity contribution is 6.33. The van der Waals surface area contributed by atoms with Crippen molar-refractivity contribution >= 4 is 46.8 Å². The summed E-state index contributed by atoms with van der Waals surface area (Å²) in [6.07, 6.45) is 2.79. The van der Waals surface area contributed by atoms with Gasteiger partial charge in [0, 0.05) is 17.3 Å². The third-order valence-electron chi connectivity index (χ3n) is 3.63. The predicted octanol–water partition coefficient (Wildman–Crippen LogP) is 5.60. The summed E-state index contributed by atoms with van der Waals surface area (Å²) in [5.41, 5.74) is 0.988. The quantitative estimate of drug-likeness (QED) is 0.544. The van der Waals surface area contributed by atoms with Gasteiger partial charge < -0.3 is 14.8 Å². The van der Waals surface area contributed by atoms with Crippen molar-refractivity contribution in [3.8, 4) is 11.3 Å². The largest absolute Gasteiger partial charge is 0.478 e.